The number of urea groups is 1. The summed E-state index contributed by atoms with van der Waals surface area (Å²) in [6.07, 6.45) is 5.02. The fourth-order valence-corrected chi connectivity index (χ4v) is 3.04. The number of hydrogen-bond acceptors (Lipinski definition) is 6. The zero-order chi connectivity index (χ0) is 19.2. The van der Waals surface area contributed by atoms with Gasteiger partial charge in [0, 0.05) is 12.1 Å². The molecule has 1 heterocycles. The summed E-state index contributed by atoms with van der Waals surface area (Å²) in [7, 11) is 0. The molecule has 0 unspecified atom stereocenters. The van der Waals surface area contributed by atoms with Crippen LogP contribution in [-0.4, -0.2) is 30.6 Å². The second-order valence-corrected chi connectivity index (χ2v) is 6.40. The van der Waals surface area contributed by atoms with E-state index in [-0.39, 0.29) is 22.8 Å². The Balaban J connectivity index is 1.52. The number of ether oxygens (including phenoxy) is 1. The Morgan fingerprint density at radius 1 is 1.11 bits per heavy atom. The molecular weight excluding hydrogens is 352 g/mol. The van der Waals surface area contributed by atoms with Gasteiger partial charge < -0.3 is 14.5 Å². The van der Waals surface area contributed by atoms with E-state index in [1.54, 1.807) is 24.3 Å². The molecule has 2 N–H and O–H groups in total. The number of amides is 3. The molecule has 1 aromatic carbocycles. The number of rotatable bonds is 4. The van der Waals surface area contributed by atoms with Crippen LogP contribution in [0.2, 0.25) is 0 Å². The van der Waals surface area contributed by atoms with Crippen LogP contribution >= 0.6 is 0 Å². The molecule has 1 saturated carbocycles. The van der Waals surface area contributed by atoms with Crippen LogP contribution in [0.1, 0.15) is 42.7 Å². The maximum Gasteiger partial charge on any atom is 0.374 e. The lowest BCUT2D eigenvalue weighted by molar-refractivity contribution is -0.123. The number of esters is 1. The highest BCUT2D eigenvalue weighted by atomic mass is 16.5. The molecule has 1 aliphatic carbocycles. The third-order valence-corrected chi connectivity index (χ3v) is 4.36. The van der Waals surface area contributed by atoms with Gasteiger partial charge in [-0.1, -0.05) is 31.4 Å². The number of fused-ring (bicyclic) bond motifs is 1. The number of hydrogen-bond donors (Lipinski definition) is 2. The van der Waals surface area contributed by atoms with Crippen molar-refractivity contribution in [2.75, 3.05) is 6.61 Å². The standard InChI is InChI=1S/C19H20N2O6/c22-14-10-16(27-15-9-5-4-8-13(14)15)18(24)26-11-17(23)21-19(25)20-12-6-2-1-3-7-12/h4-5,8-10,12H,1-3,6-7,11H2,(H2,20,21,23,25). The Hall–Kier alpha value is -3.16. The Morgan fingerprint density at radius 2 is 1.85 bits per heavy atom. The average molecular weight is 372 g/mol. The SMILES string of the molecule is O=C(COC(=O)c1cc(=O)c2ccccc2o1)NC(=O)NC1CCCCC1. The molecule has 0 atom stereocenters. The van der Waals surface area contributed by atoms with E-state index in [1.807, 2.05) is 0 Å². The van der Waals surface area contributed by atoms with Crippen molar-refractivity contribution >= 4 is 28.9 Å². The lowest BCUT2D eigenvalue weighted by atomic mass is 9.96. The molecule has 1 aliphatic rings. The molecule has 8 heteroatoms. The van der Waals surface area contributed by atoms with E-state index >= 15 is 0 Å². The van der Waals surface area contributed by atoms with Crippen LogP contribution in [0.5, 0.6) is 0 Å². The summed E-state index contributed by atoms with van der Waals surface area (Å²) in [4.78, 5) is 47.5. The fourth-order valence-electron chi connectivity index (χ4n) is 3.04. The predicted molar refractivity (Wildman–Crippen MR) is 96.3 cm³/mol. The summed E-state index contributed by atoms with van der Waals surface area (Å²) in [6, 6.07) is 6.93. The molecule has 27 heavy (non-hydrogen) atoms. The first kappa shape index (κ1) is 18.6. The van der Waals surface area contributed by atoms with Gasteiger partial charge in [-0.25, -0.2) is 9.59 Å². The summed E-state index contributed by atoms with van der Waals surface area (Å²) in [5, 5.41) is 5.18. The number of benzene rings is 1. The summed E-state index contributed by atoms with van der Waals surface area (Å²) in [5.41, 5.74) is -0.145. The molecule has 0 spiro atoms. The maximum absolute atomic E-state index is 12.0. The molecule has 0 bridgehead atoms. The maximum atomic E-state index is 12.0. The first-order valence-corrected chi connectivity index (χ1v) is 8.83. The van der Waals surface area contributed by atoms with Gasteiger partial charge in [0.25, 0.3) is 5.91 Å². The number of nitrogens with one attached hydrogen (secondary N) is 2. The van der Waals surface area contributed by atoms with Crippen molar-refractivity contribution in [3.8, 4) is 0 Å². The van der Waals surface area contributed by atoms with Gasteiger partial charge in [-0.2, -0.15) is 0 Å². The second kappa shape index (κ2) is 8.48. The molecule has 1 aromatic heterocycles. The largest absolute Gasteiger partial charge is 0.450 e. The minimum absolute atomic E-state index is 0.0565. The van der Waals surface area contributed by atoms with Crippen LogP contribution in [0.15, 0.2) is 39.5 Å². The third-order valence-electron chi connectivity index (χ3n) is 4.36. The lowest BCUT2D eigenvalue weighted by Gasteiger charge is -2.22. The minimum Gasteiger partial charge on any atom is -0.450 e. The molecule has 142 valence electrons. The van der Waals surface area contributed by atoms with Gasteiger partial charge in [-0.15, -0.1) is 0 Å². The second-order valence-electron chi connectivity index (χ2n) is 6.40. The van der Waals surface area contributed by atoms with Crippen molar-refractivity contribution in [2.45, 2.75) is 38.1 Å². The van der Waals surface area contributed by atoms with Gasteiger partial charge in [0.2, 0.25) is 5.76 Å². The smallest absolute Gasteiger partial charge is 0.374 e. The lowest BCUT2D eigenvalue weighted by Crippen LogP contribution is -2.46. The highest BCUT2D eigenvalue weighted by Crippen LogP contribution is 2.17. The molecule has 0 radical (unpaired) electrons. The average Bonchev–Trinajstić information content (AvgIpc) is 2.66. The van der Waals surface area contributed by atoms with Crippen molar-refractivity contribution in [2.24, 2.45) is 0 Å². The number of para-hydroxylation sites is 1. The molecule has 2 aromatic rings. The molecule has 3 rings (SSSR count). The van der Waals surface area contributed by atoms with Gasteiger partial charge in [0.05, 0.1) is 5.39 Å². The molecule has 0 aliphatic heterocycles. The van der Waals surface area contributed by atoms with Crippen molar-refractivity contribution < 1.29 is 23.5 Å². The number of carbonyl (C=O) groups excluding carboxylic acids is 3. The predicted octanol–water partition coefficient (Wildman–Crippen LogP) is 2.11. The minimum atomic E-state index is -0.958. The zero-order valence-corrected chi connectivity index (χ0v) is 14.7. The quantitative estimate of drug-likeness (QED) is 0.795. The van der Waals surface area contributed by atoms with Crippen molar-refractivity contribution in [3.05, 3.63) is 46.3 Å². The highest BCUT2D eigenvalue weighted by molar-refractivity contribution is 5.96. The molecular formula is C19H20N2O6. The van der Waals surface area contributed by atoms with Crippen molar-refractivity contribution in [1.82, 2.24) is 10.6 Å². The Kier molecular flexibility index (Phi) is 5.85. The Morgan fingerprint density at radius 3 is 2.63 bits per heavy atom. The fraction of sp³-hybridized carbons (Fsp3) is 0.368. The van der Waals surface area contributed by atoms with Crippen LogP contribution < -0.4 is 16.1 Å². The van der Waals surface area contributed by atoms with Gasteiger partial charge in [0.1, 0.15) is 5.58 Å². The first-order chi connectivity index (χ1) is 13.0. The van der Waals surface area contributed by atoms with Crippen molar-refractivity contribution in [3.63, 3.8) is 0 Å². The summed E-state index contributed by atoms with van der Waals surface area (Å²) in [5.74, 6) is -2.03. The van der Waals surface area contributed by atoms with E-state index in [0.29, 0.717) is 5.39 Å². The highest BCUT2D eigenvalue weighted by Gasteiger charge is 2.19. The molecule has 1 fully saturated rings. The van der Waals surface area contributed by atoms with E-state index < -0.39 is 24.5 Å². The van der Waals surface area contributed by atoms with Gasteiger partial charge in [-0.05, 0) is 25.0 Å². The summed E-state index contributed by atoms with van der Waals surface area (Å²) >= 11 is 0. The van der Waals surface area contributed by atoms with E-state index in [1.165, 1.54) is 0 Å². The summed E-state index contributed by atoms with van der Waals surface area (Å²) in [6.45, 7) is -0.659. The van der Waals surface area contributed by atoms with E-state index in [2.05, 4.69) is 10.6 Å². The number of imide groups is 1. The zero-order valence-electron chi connectivity index (χ0n) is 14.7. The third kappa shape index (κ3) is 4.93. The van der Waals surface area contributed by atoms with Crippen LogP contribution in [0.4, 0.5) is 4.79 Å². The summed E-state index contributed by atoms with van der Waals surface area (Å²) < 4.78 is 10.2. The van der Waals surface area contributed by atoms with Crippen LogP contribution in [0.25, 0.3) is 11.0 Å². The van der Waals surface area contributed by atoms with Crippen molar-refractivity contribution in [1.29, 1.82) is 0 Å². The van der Waals surface area contributed by atoms with Gasteiger partial charge in [-0.3, -0.25) is 14.9 Å². The van der Waals surface area contributed by atoms with E-state index in [4.69, 9.17) is 9.15 Å². The van der Waals surface area contributed by atoms with Gasteiger partial charge >= 0.3 is 12.0 Å². The molecule has 3 amide bonds. The van der Waals surface area contributed by atoms with E-state index in [9.17, 15) is 19.2 Å². The Bertz CT molecular complexity index is 914. The van der Waals surface area contributed by atoms with Crippen LogP contribution in [0, 0.1) is 0 Å². The number of carbonyl (C=O) groups is 3. The first-order valence-electron chi connectivity index (χ1n) is 8.83. The molecule has 0 saturated heterocycles. The topological polar surface area (TPSA) is 115 Å². The molecule has 8 nitrogen and oxygen atoms in total. The monoisotopic (exact) mass is 372 g/mol. The normalized spacial score (nSPS) is 14.5. The van der Waals surface area contributed by atoms with Crippen LogP contribution in [0.3, 0.4) is 0 Å². The van der Waals surface area contributed by atoms with E-state index in [0.717, 1.165) is 38.2 Å². The van der Waals surface area contributed by atoms with Crippen LogP contribution in [-0.2, 0) is 9.53 Å². The van der Waals surface area contributed by atoms with Gasteiger partial charge in [0.15, 0.2) is 12.0 Å². The Labute approximate surface area is 154 Å².